The number of hydrogen-bond acceptors (Lipinski definition) is 3. The molecule has 1 aromatic heterocycles. The SMILES string of the molecule is CCCNCc1oc2ccccc2c1CN(CC)C1CC1. The molecule has 3 rings (SSSR count). The second kappa shape index (κ2) is 6.63. The van der Waals surface area contributed by atoms with Crippen molar-refractivity contribution in [3.05, 3.63) is 35.6 Å². The third-order valence-electron chi connectivity index (χ3n) is 4.32. The Morgan fingerprint density at radius 2 is 2.05 bits per heavy atom. The number of nitrogens with one attached hydrogen (secondary N) is 1. The molecule has 0 unspecified atom stereocenters. The van der Waals surface area contributed by atoms with Crippen LogP contribution in [0.25, 0.3) is 11.0 Å². The first-order valence-corrected chi connectivity index (χ1v) is 8.27. The van der Waals surface area contributed by atoms with Crippen LogP contribution >= 0.6 is 0 Å². The van der Waals surface area contributed by atoms with Crippen LogP contribution in [0.1, 0.15) is 44.4 Å². The molecular formula is C18H26N2O. The summed E-state index contributed by atoms with van der Waals surface area (Å²) in [4.78, 5) is 2.58. The fourth-order valence-corrected chi connectivity index (χ4v) is 2.99. The molecule has 3 heteroatoms. The van der Waals surface area contributed by atoms with E-state index < -0.39 is 0 Å². The van der Waals surface area contributed by atoms with Gasteiger partial charge in [0.25, 0.3) is 0 Å². The molecule has 1 aliphatic rings. The molecule has 1 aliphatic carbocycles. The van der Waals surface area contributed by atoms with Crippen LogP contribution in [0.5, 0.6) is 0 Å². The van der Waals surface area contributed by atoms with E-state index in [0.717, 1.165) is 50.0 Å². The first-order chi connectivity index (χ1) is 10.3. The van der Waals surface area contributed by atoms with Gasteiger partial charge in [-0.2, -0.15) is 0 Å². The molecule has 0 aliphatic heterocycles. The monoisotopic (exact) mass is 286 g/mol. The summed E-state index contributed by atoms with van der Waals surface area (Å²) in [7, 11) is 0. The lowest BCUT2D eigenvalue weighted by atomic mass is 10.1. The van der Waals surface area contributed by atoms with E-state index in [2.05, 4.69) is 48.3 Å². The summed E-state index contributed by atoms with van der Waals surface area (Å²) in [5.74, 6) is 1.11. The molecule has 0 bridgehead atoms. The molecule has 1 fully saturated rings. The van der Waals surface area contributed by atoms with Gasteiger partial charge in [-0.15, -0.1) is 0 Å². The molecular weight excluding hydrogens is 260 g/mol. The Kier molecular flexibility index (Phi) is 4.61. The van der Waals surface area contributed by atoms with Gasteiger partial charge in [0.1, 0.15) is 11.3 Å². The van der Waals surface area contributed by atoms with Crippen LogP contribution in [0.2, 0.25) is 0 Å². The third-order valence-corrected chi connectivity index (χ3v) is 4.32. The van der Waals surface area contributed by atoms with Crippen LogP contribution in [0.15, 0.2) is 28.7 Å². The minimum Gasteiger partial charge on any atom is -0.459 e. The van der Waals surface area contributed by atoms with Crippen molar-refractivity contribution in [1.82, 2.24) is 10.2 Å². The lowest BCUT2D eigenvalue weighted by molar-refractivity contribution is 0.267. The summed E-state index contributed by atoms with van der Waals surface area (Å²) < 4.78 is 6.10. The maximum Gasteiger partial charge on any atom is 0.134 e. The van der Waals surface area contributed by atoms with Gasteiger partial charge in [-0.1, -0.05) is 32.0 Å². The Morgan fingerprint density at radius 1 is 1.24 bits per heavy atom. The highest BCUT2D eigenvalue weighted by atomic mass is 16.3. The fraction of sp³-hybridized carbons (Fsp3) is 0.556. The zero-order valence-corrected chi connectivity index (χ0v) is 13.2. The highest BCUT2D eigenvalue weighted by Crippen LogP contribution is 2.32. The number of rotatable bonds is 8. The molecule has 2 aromatic rings. The fourth-order valence-electron chi connectivity index (χ4n) is 2.99. The van der Waals surface area contributed by atoms with Gasteiger partial charge in [0.2, 0.25) is 0 Å². The molecule has 1 heterocycles. The van der Waals surface area contributed by atoms with Gasteiger partial charge in [-0.05, 0) is 38.4 Å². The van der Waals surface area contributed by atoms with Crippen LogP contribution < -0.4 is 5.32 Å². The van der Waals surface area contributed by atoms with Gasteiger partial charge in [0.15, 0.2) is 0 Å². The van der Waals surface area contributed by atoms with E-state index in [1.807, 2.05) is 0 Å². The minimum atomic E-state index is 0.792. The average Bonchev–Trinajstić information content (AvgIpc) is 3.28. The molecule has 0 saturated heterocycles. The maximum atomic E-state index is 6.10. The molecule has 0 atom stereocenters. The summed E-state index contributed by atoms with van der Waals surface area (Å²) in [5.41, 5.74) is 2.40. The normalized spacial score (nSPS) is 15.2. The van der Waals surface area contributed by atoms with E-state index in [0.29, 0.717) is 0 Å². The van der Waals surface area contributed by atoms with Gasteiger partial charge in [-0.3, -0.25) is 4.90 Å². The lowest BCUT2D eigenvalue weighted by Gasteiger charge is -2.20. The Bertz CT molecular complexity index is 586. The number of furan rings is 1. The van der Waals surface area contributed by atoms with Crippen LogP contribution in [0.4, 0.5) is 0 Å². The quantitative estimate of drug-likeness (QED) is 0.746. The first-order valence-electron chi connectivity index (χ1n) is 8.27. The summed E-state index contributed by atoms with van der Waals surface area (Å²) in [5, 5.41) is 4.76. The van der Waals surface area contributed by atoms with Crippen LogP contribution in [0, 0.1) is 0 Å². The lowest BCUT2D eigenvalue weighted by Crippen LogP contribution is -2.26. The van der Waals surface area contributed by atoms with Crippen molar-refractivity contribution >= 4 is 11.0 Å². The molecule has 1 N–H and O–H groups in total. The molecule has 0 amide bonds. The van der Waals surface area contributed by atoms with Crippen molar-refractivity contribution in [1.29, 1.82) is 0 Å². The molecule has 3 nitrogen and oxygen atoms in total. The van der Waals surface area contributed by atoms with Crippen molar-refractivity contribution in [2.24, 2.45) is 0 Å². The van der Waals surface area contributed by atoms with Crippen LogP contribution in [-0.2, 0) is 13.1 Å². The number of para-hydroxylation sites is 1. The van der Waals surface area contributed by atoms with Crippen molar-refractivity contribution in [3.8, 4) is 0 Å². The first kappa shape index (κ1) is 14.6. The number of hydrogen-bond donors (Lipinski definition) is 1. The van der Waals surface area contributed by atoms with Gasteiger partial charge >= 0.3 is 0 Å². The summed E-state index contributed by atoms with van der Waals surface area (Å²) in [6.45, 7) is 8.46. The van der Waals surface area contributed by atoms with Crippen molar-refractivity contribution < 1.29 is 4.42 Å². The summed E-state index contributed by atoms with van der Waals surface area (Å²) in [6, 6.07) is 9.23. The number of fused-ring (bicyclic) bond motifs is 1. The average molecular weight is 286 g/mol. The molecule has 1 saturated carbocycles. The molecule has 0 spiro atoms. The summed E-state index contributed by atoms with van der Waals surface area (Å²) >= 11 is 0. The zero-order valence-electron chi connectivity index (χ0n) is 13.2. The molecule has 1 aromatic carbocycles. The van der Waals surface area contributed by atoms with Crippen LogP contribution in [0.3, 0.4) is 0 Å². The van der Waals surface area contributed by atoms with E-state index in [1.54, 1.807) is 0 Å². The van der Waals surface area contributed by atoms with Crippen molar-refractivity contribution in [2.75, 3.05) is 13.1 Å². The Hall–Kier alpha value is -1.32. The van der Waals surface area contributed by atoms with Gasteiger partial charge in [0.05, 0.1) is 6.54 Å². The van der Waals surface area contributed by atoms with E-state index >= 15 is 0 Å². The Balaban J connectivity index is 1.86. The summed E-state index contributed by atoms with van der Waals surface area (Å²) in [6.07, 6.45) is 3.86. The number of nitrogens with zero attached hydrogens (tertiary/aromatic N) is 1. The van der Waals surface area contributed by atoms with Crippen molar-refractivity contribution in [2.45, 2.75) is 52.2 Å². The van der Waals surface area contributed by atoms with E-state index in [-0.39, 0.29) is 0 Å². The second-order valence-electron chi connectivity index (χ2n) is 5.97. The standard InChI is InChI=1S/C18H26N2O/c1-3-11-19-12-18-16(13-20(4-2)14-9-10-14)15-7-5-6-8-17(15)21-18/h5-8,14,19H,3-4,9-13H2,1-2H3. The minimum absolute atomic E-state index is 0.792. The van der Waals surface area contributed by atoms with Gasteiger partial charge < -0.3 is 9.73 Å². The topological polar surface area (TPSA) is 28.4 Å². The smallest absolute Gasteiger partial charge is 0.134 e. The Labute approximate surface area is 127 Å². The number of benzene rings is 1. The maximum absolute atomic E-state index is 6.10. The third kappa shape index (κ3) is 3.30. The highest BCUT2D eigenvalue weighted by Gasteiger charge is 2.29. The van der Waals surface area contributed by atoms with E-state index in [4.69, 9.17) is 4.42 Å². The van der Waals surface area contributed by atoms with Crippen molar-refractivity contribution in [3.63, 3.8) is 0 Å². The van der Waals surface area contributed by atoms with E-state index in [1.165, 1.54) is 23.8 Å². The molecule has 114 valence electrons. The molecule has 21 heavy (non-hydrogen) atoms. The van der Waals surface area contributed by atoms with E-state index in [9.17, 15) is 0 Å². The van der Waals surface area contributed by atoms with Gasteiger partial charge in [-0.25, -0.2) is 0 Å². The second-order valence-corrected chi connectivity index (χ2v) is 5.97. The largest absolute Gasteiger partial charge is 0.459 e. The predicted octanol–water partition coefficient (Wildman–Crippen LogP) is 3.92. The van der Waals surface area contributed by atoms with Gasteiger partial charge in [0, 0.05) is 23.5 Å². The highest BCUT2D eigenvalue weighted by molar-refractivity contribution is 5.82. The molecule has 0 radical (unpaired) electrons. The Morgan fingerprint density at radius 3 is 2.76 bits per heavy atom. The zero-order chi connectivity index (χ0) is 14.7. The predicted molar refractivity (Wildman–Crippen MR) is 87.3 cm³/mol. The van der Waals surface area contributed by atoms with Crippen LogP contribution in [-0.4, -0.2) is 24.0 Å².